The first kappa shape index (κ1) is 19.4. The van der Waals surface area contributed by atoms with Crippen molar-refractivity contribution >= 4 is 21.6 Å². The van der Waals surface area contributed by atoms with E-state index in [4.69, 9.17) is 10.00 Å². The topological polar surface area (TPSA) is 108 Å². The smallest absolute Gasteiger partial charge is 0.241 e. The number of ether oxygens (including phenoxy) is 1. The average Bonchev–Trinajstić information content (AvgIpc) is 2.60. The molecular formula is C18H19N3O4S. The monoisotopic (exact) mass is 373 g/mol. The lowest BCUT2D eigenvalue weighted by Gasteiger charge is -2.11. The molecule has 0 spiro atoms. The molecule has 0 aliphatic rings. The number of carbonyl (C=O) groups is 1. The van der Waals surface area contributed by atoms with Gasteiger partial charge in [0.1, 0.15) is 5.75 Å². The van der Waals surface area contributed by atoms with E-state index in [1.165, 1.54) is 18.2 Å². The summed E-state index contributed by atoms with van der Waals surface area (Å²) in [7, 11) is -3.82. The fourth-order valence-electron chi connectivity index (χ4n) is 2.09. The molecule has 2 aromatic rings. The Morgan fingerprint density at radius 2 is 1.88 bits per heavy atom. The van der Waals surface area contributed by atoms with Crippen molar-refractivity contribution in [2.45, 2.75) is 24.8 Å². The van der Waals surface area contributed by atoms with Crippen LogP contribution in [0.25, 0.3) is 0 Å². The van der Waals surface area contributed by atoms with Crippen LogP contribution in [0.2, 0.25) is 0 Å². The van der Waals surface area contributed by atoms with Crippen LogP contribution in [0, 0.1) is 11.3 Å². The minimum atomic E-state index is -3.82. The van der Waals surface area contributed by atoms with Gasteiger partial charge in [0.05, 0.1) is 29.2 Å². The van der Waals surface area contributed by atoms with Gasteiger partial charge in [0.2, 0.25) is 15.9 Å². The van der Waals surface area contributed by atoms with Gasteiger partial charge in [-0.05, 0) is 56.3 Å². The number of nitriles is 1. The minimum absolute atomic E-state index is 0.0150. The number of rotatable bonds is 7. The minimum Gasteiger partial charge on any atom is -0.491 e. The molecule has 2 aromatic carbocycles. The highest BCUT2D eigenvalue weighted by Gasteiger charge is 2.16. The van der Waals surface area contributed by atoms with Crippen LogP contribution in [0.1, 0.15) is 19.4 Å². The fourth-order valence-corrected chi connectivity index (χ4v) is 3.07. The second-order valence-corrected chi connectivity index (χ2v) is 7.47. The van der Waals surface area contributed by atoms with Crippen molar-refractivity contribution in [3.05, 3.63) is 54.1 Å². The lowest BCUT2D eigenvalue weighted by molar-refractivity contribution is -0.115. The summed E-state index contributed by atoms with van der Waals surface area (Å²) in [6.45, 7) is 3.32. The van der Waals surface area contributed by atoms with Crippen LogP contribution in [-0.2, 0) is 14.8 Å². The van der Waals surface area contributed by atoms with Crippen molar-refractivity contribution in [3.63, 3.8) is 0 Å². The number of anilines is 1. The first-order chi connectivity index (χ1) is 12.3. The van der Waals surface area contributed by atoms with E-state index in [9.17, 15) is 13.2 Å². The van der Waals surface area contributed by atoms with Gasteiger partial charge < -0.3 is 10.1 Å². The van der Waals surface area contributed by atoms with Gasteiger partial charge in [-0.15, -0.1) is 0 Å². The molecule has 0 radical (unpaired) electrons. The first-order valence-corrected chi connectivity index (χ1v) is 9.35. The quantitative estimate of drug-likeness (QED) is 0.774. The Hall–Kier alpha value is -2.89. The summed E-state index contributed by atoms with van der Waals surface area (Å²) >= 11 is 0. The zero-order chi connectivity index (χ0) is 19.2. The van der Waals surface area contributed by atoms with Crippen LogP contribution < -0.4 is 14.8 Å². The number of benzene rings is 2. The van der Waals surface area contributed by atoms with Gasteiger partial charge in [-0.2, -0.15) is 5.26 Å². The summed E-state index contributed by atoms with van der Waals surface area (Å²) in [5, 5.41) is 11.4. The number of amides is 1. The zero-order valence-corrected chi connectivity index (χ0v) is 15.2. The van der Waals surface area contributed by atoms with Gasteiger partial charge in [0.25, 0.3) is 0 Å². The van der Waals surface area contributed by atoms with Crippen molar-refractivity contribution in [3.8, 4) is 11.8 Å². The molecule has 26 heavy (non-hydrogen) atoms. The van der Waals surface area contributed by atoms with Crippen molar-refractivity contribution in [1.29, 1.82) is 5.26 Å². The summed E-state index contributed by atoms with van der Waals surface area (Å²) in [6, 6.07) is 14.2. The Morgan fingerprint density at radius 3 is 2.50 bits per heavy atom. The van der Waals surface area contributed by atoms with E-state index >= 15 is 0 Å². The second kappa shape index (κ2) is 8.47. The van der Waals surface area contributed by atoms with Crippen LogP contribution in [0.4, 0.5) is 5.69 Å². The third kappa shape index (κ3) is 5.58. The maximum atomic E-state index is 12.2. The summed E-state index contributed by atoms with van der Waals surface area (Å²) in [4.78, 5) is 12.0. The molecule has 1 amide bonds. The predicted octanol–water partition coefficient (Wildman–Crippen LogP) is 2.26. The van der Waals surface area contributed by atoms with Gasteiger partial charge in [-0.1, -0.05) is 6.07 Å². The SMILES string of the molecule is CC(C)Oc1ccc(S(=O)(=O)NCC(=O)Nc2cccc(C#N)c2)cc1. The standard InChI is InChI=1S/C18H19N3O4S/c1-13(2)25-16-6-8-17(9-7-16)26(23,24)20-12-18(22)21-15-5-3-4-14(10-15)11-19/h3-10,13,20H,12H2,1-2H3,(H,21,22). The Morgan fingerprint density at radius 1 is 1.19 bits per heavy atom. The molecule has 0 fully saturated rings. The molecule has 0 aliphatic carbocycles. The van der Waals surface area contributed by atoms with Crippen LogP contribution in [0.3, 0.4) is 0 Å². The number of hydrogen-bond donors (Lipinski definition) is 2. The third-order valence-electron chi connectivity index (χ3n) is 3.20. The first-order valence-electron chi connectivity index (χ1n) is 7.86. The average molecular weight is 373 g/mol. The normalized spacial score (nSPS) is 11.0. The molecule has 0 bridgehead atoms. The molecule has 136 valence electrons. The van der Waals surface area contributed by atoms with E-state index in [0.29, 0.717) is 17.0 Å². The van der Waals surface area contributed by atoms with Gasteiger partial charge in [-0.3, -0.25) is 4.79 Å². The van der Waals surface area contributed by atoms with E-state index in [0.717, 1.165) is 0 Å². The van der Waals surface area contributed by atoms with E-state index in [-0.39, 0.29) is 11.0 Å². The molecule has 2 N–H and O–H groups in total. The summed E-state index contributed by atoms with van der Waals surface area (Å²) in [5.41, 5.74) is 0.815. The molecule has 0 unspecified atom stereocenters. The van der Waals surface area contributed by atoms with Crippen molar-refractivity contribution in [1.82, 2.24) is 4.72 Å². The molecule has 2 rings (SSSR count). The van der Waals surface area contributed by atoms with Crippen LogP contribution >= 0.6 is 0 Å². The number of hydrogen-bond acceptors (Lipinski definition) is 5. The third-order valence-corrected chi connectivity index (χ3v) is 4.62. The highest BCUT2D eigenvalue weighted by Crippen LogP contribution is 2.17. The van der Waals surface area contributed by atoms with E-state index < -0.39 is 22.5 Å². The van der Waals surface area contributed by atoms with E-state index in [1.807, 2.05) is 19.9 Å². The van der Waals surface area contributed by atoms with Crippen molar-refractivity contribution < 1.29 is 17.9 Å². The Bertz CT molecular complexity index is 916. The fraction of sp³-hybridized carbons (Fsp3) is 0.222. The largest absolute Gasteiger partial charge is 0.491 e. The second-order valence-electron chi connectivity index (χ2n) is 5.70. The molecule has 0 aromatic heterocycles. The molecule has 0 atom stereocenters. The van der Waals surface area contributed by atoms with Crippen molar-refractivity contribution in [2.75, 3.05) is 11.9 Å². The Labute approximate surface area is 152 Å². The van der Waals surface area contributed by atoms with Crippen LogP contribution in [0.5, 0.6) is 5.75 Å². The highest BCUT2D eigenvalue weighted by molar-refractivity contribution is 7.89. The maximum absolute atomic E-state index is 12.2. The Kier molecular flexibility index (Phi) is 6.33. The number of carbonyl (C=O) groups excluding carboxylic acids is 1. The van der Waals surface area contributed by atoms with Crippen LogP contribution in [-0.4, -0.2) is 27.0 Å². The lowest BCUT2D eigenvalue weighted by Crippen LogP contribution is -2.32. The summed E-state index contributed by atoms with van der Waals surface area (Å²) in [5.74, 6) is 0.0255. The van der Waals surface area contributed by atoms with Crippen LogP contribution in [0.15, 0.2) is 53.4 Å². The summed E-state index contributed by atoms with van der Waals surface area (Å²) < 4.78 is 32.2. The number of sulfonamides is 1. The number of nitrogens with zero attached hydrogens (tertiary/aromatic N) is 1. The van der Waals surface area contributed by atoms with Gasteiger partial charge in [-0.25, -0.2) is 13.1 Å². The van der Waals surface area contributed by atoms with Gasteiger partial charge in [0.15, 0.2) is 0 Å². The molecular weight excluding hydrogens is 354 g/mol. The Balaban J connectivity index is 1.96. The van der Waals surface area contributed by atoms with Crippen molar-refractivity contribution in [2.24, 2.45) is 0 Å². The van der Waals surface area contributed by atoms with Gasteiger partial charge >= 0.3 is 0 Å². The molecule has 0 heterocycles. The molecule has 0 saturated heterocycles. The van der Waals surface area contributed by atoms with Gasteiger partial charge in [0, 0.05) is 5.69 Å². The van der Waals surface area contributed by atoms with E-state index in [1.54, 1.807) is 30.3 Å². The summed E-state index contributed by atoms with van der Waals surface area (Å²) in [6.07, 6.45) is -0.0150. The molecule has 8 heteroatoms. The predicted molar refractivity (Wildman–Crippen MR) is 97.2 cm³/mol. The van der Waals surface area contributed by atoms with E-state index in [2.05, 4.69) is 10.0 Å². The lowest BCUT2D eigenvalue weighted by atomic mass is 10.2. The maximum Gasteiger partial charge on any atom is 0.241 e. The highest BCUT2D eigenvalue weighted by atomic mass is 32.2. The molecule has 0 saturated carbocycles. The zero-order valence-electron chi connectivity index (χ0n) is 14.4. The molecule has 7 nitrogen and oxygen atoms in total. The number of nitrogens with one attached hydrogen (secondary N) is 2. The molecule has 0 aliphatic heterocycles.